The standard InChI is InChI=1S/C15H24N2O4/c1-8-6-15(2,16)7-10(14(8)21)11(18)3-9-4-12(19)17-13(20)5-9/h8-11,18H,3-7,16H2,1-2H3,(H,17,19,20)/p+1/t8-,10-,11+,15+/m0/s1. The Morgan fingerprint density at radius 1 is 1.29 bits per heavy atom. The molecule has 2 aliphatic rings. The smallest absolute Gasteiger partial charge is 0.226 e. The summed E-state index contributed by atoms with van der Waals surface area (Å²) in [4.78, 5) is 35.0. The van der Waals surface area contributed by atoms with E-state index in [2.05, 4.69) is 11.1 Å². The summed E-state index contributed by atoms with van der Waals surface area (Å²) in [5.41, 5.74) is 3.93. The third kappa shape index (κ3) is 3.89. The zero-order valence-corrected chi connectivity index (χ0v) is 12.7. The fourth-order valence-corrected chi connectivity index (χ4v) is 3.77. The van der Waals surface area contributed by atoms with E-state index >= 15 is 0 Å². The summed E-state index contributed by atoms with van der Waals surface area (Å²) < 4.78 is 0. The molecule has 2 fully saturated rings. The summed E-state index contributed by atoms with van der Waals surface area (Å²) in [6.07, 6.45) is 1.29. The van der Waals surface area contributed by atoms with Crippen LogP contribution in [0.1, 0.15) is 46.0 Å². The number of piperidine rings is 1. The van der Waals surface area contributed by atoms with E-state index in [-0.39, 0.29) is 47.8 Å². The molecule has 0 radical (unpaired) electrons. The lowest BCUT2D eigenvalue weighted by molar-refractivity contribution is -0.481. The number of quaternary nitrogens is 1. The van der Waals surface area contributed by atoms with Crippen molar-refractivity contribution in [1.82, 2.24) is 5.32 Å². The molecule has 1 saturated heterocycles. The number of aliphatic hydroxyl groups excluding tert-OH is 1. The number of nitrogens with one attached hydrogen (secondary N) is 1. The van der Waals surface area contributed by atoms with E-state index in [9.17, 15) is 19.5 Å². The van der Waals surface area contributed by atoms with Crippen LogP contribution < -0.4 is 11.1 Å². The minimum absolute atomic E-state index is 0.0789. The number of Topliss-reactive ketones (excluding diaryl/α,β-unsaturated/α-hetero) is 1. The second-order valence-electron chi connectivity index (χ2n) is 7.18. The van der Waals surface area contributed by atoms with Gasteiger partial charge >= 0.3 is 0 Å². The number of ketones is 1. The topological polar surface area (TPSA) is 111 Å². The average Bonchev–Trinajstić information content (AvgIpc) is 2.31. The van der Waals surface area contributed by atoms with Crippen molar-refractivity contribution >= 4 is 17.6 Å². The molecule has 0 aromatic carbocycles. The van der Waals surface area contributed by atoms with Gasteiger partial charge in [-0.2, -0.15) is 0 Å². The van der Waals surface area contributed by atoms with Gasteiger partial charge in [-0.1, -0.05) is 6.92 Å². The molecule has 1 saturated carbocycles. The first-order chi connectivity index (χ1) is 9.68. The molecule has 21 heavy (non-hydrogen) atoms. The minimum Gasteiger partial charge on any atom is -0.392 e. The van der Waals surface area contributed by atoms with Crippen LogP contribution in [0.3, 0.4) is 0 Å². The number of carbonyl (C=O) groups is 3. The van der Waals surface area contributed by atoms with Crippen LogP contribution >= 0.6 is 0 Å². The molecule has 0 spiro atoms. The van der Waals surface area contributed by atoms with Gasteiger partial charge in [0.05, 0.1) is 11.6 Å². The summed E-state index contributed by atoms with van der Waals surface area (Å²) in [6.45, 7) is 3.88. The second-order valence-corrected chi connectivity index (χ2v) is 7.18. The lowest BCUT2D eigenvalue weighted by atomic mass is 9.68. The fraction of sp³-hybridized carbons (Fsp3) is 0.800. The Hall–Kier alpha value is -1.27. The Labute approximate surface area is 124 Å². The highest BCUT2D eigenvalue weighted by Gasteiger charge is 2.44. The number of carbonyl (C=O) groups excluding carboxylic acids is 3. The van der Waals surface area contributed by atoms with E-state index in [0.717, 1.165) is 6.42 Å². The molecule has 2 rings (SSSR count). The number of hydrogen-bond donors (Lipinski definition) is 3. The molecule has 0 unspecified atom stereocenters. The van der Waals surface area contributed by atoms with Gasteiger partial charge in [-0.25, -0.2) is 0 Å². The molecule has 6 heteroatoms. The van der Waals surface area contributed by atoms with Crippen LogP contribution in [-0.2, 0) is 14.4 Å². The van der Waals surface area contributed by atoms with Gasteiger partial charge < -0.3 is 10.8 Å². The largest absolute Gasteiger partial charge is 0.392 e. The predicted molar refractivity (Wildman–Crippen MR) is 74.7 cm³/mol. The molecule has 0 bridgehead atoms. The molecule has 1 heterocycles. The predicted octanol–water partition coefficient (Wildman–Crippen LogP) is -0.594. The van der Waals surface area contributed by atoms with Crippen molar-refractivity contribution in [3.63, 3.8) is 0 Å². The van der Waals surface area contributed by atoms with Gasteiger partial charge in [0.15, 0.2) is 0 Å². The third-order valence-electron chi connectivity index (χ3n) is 4.63. The molecular weight excluding hydrogens is 272 g/mol. The molecule has 118 valence electrons. The zero-order chi connectivity index (χ0) is 15.8. The van der Waals surface area contributed by atoms with Crippen LogP contribution in [0.5, 0.6) is 0 Å². The van der Waals surface area contributed by atoms with Gasteiger partial charge in [-0.3, -0.25) is 19.7 Å². The van der Waals surface area contributed by atoms with Gasteiger partial charge in [-0.05, 0) is 19.3 Å². The van der Waals surface area contributed by atoms with E-state index in [4.69, 9.17) is 0 Å². The van der Waals surface area contributed by atoms with E-state index in [1.807, 2.05) is 13.8 Å². The summed E-state index contributed by atoms with van der Waals surface area (Å²) in [5, 5.41) is 12.7. The Morgan fingerprint density at radius 2 is 1.86 bits per heavy atom. The molecule has 0 aromatic heterocycles. The average molecular weight is 297 g/mol. The van der Waals surface area contributed by atoms with Crippen molar-refractivity contribution in [2.75, 3.05) is 0 Å². The minimum atomic E-state index is -0.801. The van der Waals surface area contributed by atoms with Crippen molar-refractivity contribution in [1.29, 1.82) is 0 Å². The summed E-state index contributed by atoms with van der Waals surface area (Å²) in [6, 6.07) is 0. The van der Waals surface area contributed by atoms with Gasteiger partial charge in [0.25, 0.3) is 0 Å². The van der Waals surface area contributed by atoms with Crippen molar-refractivity contribution in [3.8, 4) is 0 Å². The molecule has 6 nitrogen and oxygen atoms in total. The number of imide groups is 1. The van der Waals surface area contributed by atoms with Crippen LogP contribution in [0.4, 0.5) is 0 Å². The van der Waals surface area contributed by atoms with Gasteiger partial charge in [0, 0.05) is 37.5 Å². The monoisotopic (exact) mass is 297 g/mol. The maximum Gasteiger partial charge on any atom is 0.226 e. The quantitative estimate of drug-likeness (QED) is 0.604. The van der Waals surface area contributed by atoms with E-state index in [1.165, 1.54) is 0 Å². The lowest BCUT2D eigenvalue weighted by Crippen LogP contribution is -2.74. The first kappa shape index (κ1) is 16.1. The number of hydrogen-bond acceptors (Lipinski definition) is 4. The summed E-state index contributed by atoms with van der Waals surface area (Å²) in [7, 11) is 0. The van der Waals surface area contributed by atoms with Crippen molar-refractivity contribution in [3.05, 3.63) is 0 Å². The molecule has 4 atom stereocenters. The molecule has 0 aromatic rings. The molecular formula is C15H25N2O4+. The maximum atomic E-state index is 12.3. The third-order valence-corrected chi connectivity index (χ3v) is 4.63. The first-order valence-corrected chi connectivity index (χ1v) is 7.58. The first-order valence-electron chi connectivity index (χ1n) is 7.58. The Morgan fingerprint density at radius 3 is 2.43 bits per heavy atom. The van der Waals surface area contributed by atoms with Crippen LogP contribution in [0, 0.1) is 17.8 Å². The Kier molecular flexibility index (Phi) is 4.49. The second kappa shape index (κ2) is 5.85. The van der Waals surface area contributed by atoms with E-state index in [1.54, 1.807) is 0 Å². The van der Waals surface area contributed by atoms with Crippen LogP contribution in [0.25, 0.3) is 0 Å². The highest BCUT2D eigenvalue weighted by Crippen LogP contribution is 2.35. The van der Waals surface area contributed by atoms with Crippen LogP contribution in [0.2, 0.25) is 0 Å². The highest BCUT2D eigenvalue weighted by atomic mass is 16.3. The Balaban J connectivity index is 2.01. The molecule has 5 N–H and O–H groups in total. The zero-order valence-electron chi connectivity index (χ0n) is 12.7. The lowest BCUT2D eigenvalue weighted by Gasteiger charge is -2.38. The van der Waals surface area contributed by atoms with Gasteiger partial charge in [-0.15, -0.1) is 0 Å². The number of rotatable bonds is 3. The Bertz CT molecular complexity index is 445. The molecule has 2 amide bonds. The van der Waals surface area contributed by atoms with E-state index < -0.39 is 12.0 Å². The van der Waals surface area contributed by atoms with Crippen molar-refractivity contribution in [2.45, 2.75) is 57.6 Å². The maximum absolute atomic E-state index is 12.3. The summed E-state index contributed by atoms with van der Waals surface area (Å²) >= 11 is 0. The number of aliphatic hydroxyl groups is 1. The SMILES string of the molecule is C[C@H]1C[C@@](C)([NH3+])C[C@@H]([C@H](O)CC2CC(=O)NC(=O)C2)C1=O. The number of amides is 2. The summed E-state index contributed by atoms with van der Waals surface area (Å²) in [5.74, 6) is -1.23. The van der Waals surface area contributed by atoms with Crippen LogP contribution in [0.15, 0.2) is 0 Å². The van der Waals surface area contributed by atoms with E-state index in [0.29, 0.717) is 12.8 Å². The van der Waals surface area contributed by atoms with Crippen LogP contribution in [-0.4, -0.2) is 34.3 Å². The fourth-order valence-electron chi connectivity index (χ4n) is 3.77. The van der Waals surface area contributed by atoms with Gasteiger partial charge in [0.1, 0.15) is 5.78 Å². The normalized spacial score (nSPS) is 36.5. The van der Waals surface area contributed by atoms with Crippen molar-refractivity contribution in [2.24, 2.45) is 17.8 Å². The molecule has 1 aliphatic carbocycles. The highest BCUT2D eigenvalue weighted by molar-refractivity contribution is 5.97. The van der Waals surface area contributed by atoms with Crippen molar-refractivity contribution < 1.29 is 25.2 Å². The molecule has 1 aliphatic heterocycles. The van der Waals surface area contributed by atoms with Gasteiger partial charge in [0.2, 0.25) is 11.8 Å².